The molecule has 5 heteroatoms. The summed E-state index contributed by atoms with van der Waals surface area (Å²) < 4.78 is 24.7. The minimum absolute atomic E-state index is 0.365. The average molecular weight is 264 g/mol. The molecular formula is C13H16N2O2S. The number of nitrogens with zero attached hydrogens (tertiary/aromatic N) is 2. The SMILES string of the molecule is CCN(Cc1cccc2cccnc12)S(C)(=O)=O. The first-order chi connectivity index (χ1) is 8.52. The summed E-state index contributed by atoms with van der Waals surface area (Å²) in [5.41, 5.74) is 1.79. The quantitative estimate of drug-likeness (QED) is 0.849. The van der Waals surface area contributed by atoms with Crippen LogP contribution in [0.4, 0.5) is 0 Å². The molecule has 0 aliphatic rings. The molecule has 0 fully saturated rings. The maximum Gasteiger partial charge on any atom is 0.211 e. The van der Waals surface area contributed by atoms with E-state index in [0.717, 1.165) is 16.5 Å². The van der Waals surface area contributed by atoms with Gasteiger partial charge in [0.05, 0.1) is 11.8 Å². The van der Waals surface area contributed by atoms with E-state index in [0.29, 0.717) is 13.1 Å². The number of para-hydroxylation sites is 1. The second kappa shape index (κ2) is 5.04. The van der Waals surface area contributed by atoms with Gasteiger partial charge in [-0.25, -0.2) is 8.42 Å². The number of pyridine rings is 1. The van der Waals surface area contributed by atoms with Gasteiger partial charge in [-0.05, 0) is 11.6 Å². The summed E-state index contributed by atoms with van der Waals surface area (Å²) in [7, 11) is -3.18. The van der Waals surface area contributed by atoms with E-state index < -0.39 is 10.0 Å². The molecule has 0 aliphatic heterocycles. The number of hydrogen-bond donors (Lipinski definition) is 0. The van der Waals surface area contributed by atoms with Crippen molar-refractivity contribution < 1.29 is 8.42 Å². The number of rotatable bonds is 4. The van der Waals surface area contributed by atoms with Crippen LogP contribution >= 0.6 is 0 Å². The molecule has 1 aromatic heterocycles. The monoisotopic (exact) mass is 264 g/mol. The van der Waals surface area contributed by atoms with Crippen LogP contribution in [0.15, 0.2) is 36.5 Å². The molecule has 0 spiro atoms. The molecule has 1 heterocycles. The van der Waals surface area contributed by atoms with E-state index in [-0.39, 0.29) is 0 Å². The highest BCUT2D eigenvalue weighted by atomic mass is 32.2. The van der Waals surface area contributed by atoms with Gasteiger partial charge in [0, 0.05) is 24.7 Å². The Kier molecular flexibility index (Phi) is 3.63. The lowest BCUT2D eigenvalue weighted by Crippen LogP contribution is -2.29. The highest BCUT2D eigenvalue weighted by Gasteiger charge is 2.16. The van der Waals surface area contributed by atoms with E-state index in [1.807, 2.05) is 37.3 Å². The van der Waals surface area contributed by atoms with Crippen molar-refractivity contribution >= 4 is 20.9 Å². The molecule has 1 aromatic carbocycles. The van der Waals surface area contributed by atoms with Crippen molar-refractivity contribution in [3.8, 4) is 0 Å². The van der Waals surface area contributed by atoms with E-state index in [1.54, 1.807) is 6.20 Å². The molecular weight excluding hydrogens is 248 g/mol. The molecule has 2 aromatic rings. The van der Waals surface area contributed by atoms with Gasteiger partial charge in [0.2, 0.25) is 10.0 Å². The van der Waals surface area contributed by atoms with Crippen LogP contribution in [0.2, 0.25) is 0 Å². The Morgan fingerprint density at radius 2 is 1.94 bits per heavy atom. The Morgan fingerprint density at radius 3 is 2.61 bits per heavy atom. The fourth-order valence-electron chi connectivity index (χ4n) is 1.95. The van der Waals surface area contributed by atoms with Gasteiger partial charge in [-0.15, -0.1) is 0 Å². The predicted molar refractivity (Wildman–Crippen MR) is 72.7 cm³/mol. The molecule has 0 N–H and O–H groups in total. The highest BCUT2D eigenvalue weighted by molar-refractivity contribution is 7.88. The lowest BCUT2D eigenvalue weighted by molar-refractivity contribution is 0.429. The van der Waals surface area contributed by atoms with Crippen LogP contribution in [0, 0.1) is 0 Å². The minimum atomic E-state index is -3.18. The van der Waals surface area contributed by atoms with E-state index in [4.69, 9.17) is 0 Å². The average Bonchev–Trinajstić information content (AvgIpc) is 2.34. The van der Waals surface area contributed by atoms with Gasteiger partial charge in [-0.2, -0.15) is 4.31 Å². The zero-order valence-corrected chi connectivity index (χ0v) is 11.3. The Morgan fingerprint density at radius 1 is 1.22 bits per heavy atom. The predicted octanol–water partition coefficient (Wildman–Crippen LogP) is 2.02. The lowest BCUT2D eigenvalue weighted by Gasteiger charge is -2.18. The zero-order valence-electron chi connectivity index (χ0n) is 10.5. The first-order valence-electron chi connectivity index (χ1n) is 5.80. The van der Waals surface area contributed by atoms with Crippen LogP contribution in [0.1, 0.15) is 12.5 Å². The Bertz CT molecular complexity index is 648. The lowest BCUT2D eigenvalue weighted by atomic mass is 10.1. The first kappa shape index (κ1) is 13.0. The third-order valence-corrected chi connectivity index (χ3v) is 4.21. The number of sulfonamides is 1. The summed E-state index contributed by atoms with van der Waals surface area (Å²) in [6.45, 7) is 2.66. The maximum atomic E-state index is 11.6. The number of aromatic nitrogens is 1. The second-order valence-corrected chi connectivity index (χ2v) is 6.16. The van der Waals surface area contributed by atoms with E-state index in [9.17, 15) is 8.42 Å². The molecule has 0 saturated heterocycles. The summed E-state index contributed by atoms with van der Waals surface area (Å²) >= 11 is 0. The summed E-state index contributed by atoms with van der Waals surface area (Å²) in [6.07, 6.45) is 2.96. The molecule has 0 amide bonds. The third-order valence-electron chi connectivity index (χ3n) is 2.88. The van der Waals surface area contributed by atoms with Crippen molar-refractivity contribution in [2.75, 3.05) is 12.8 Å². The molecule has 0 unspecified atom stereocenters. The normalized spacial score (nSPS) is 12.2. The largest absolute Gasteiger partial charge is 0.256 e. The van der Waals surface area contributed by atoms with Crippen molar-refractivity contribution in [1.82, 2.24) is 9.29 Å². The van der Waals surface area contributed by atoms with Crippen molar-refractivity contribution in [3.05, 3.63) is 42.1 Å². The van der Waals surface area contributed by atoms with Crippen LogP contribution in [0.5, 0.6) is 0 Å². The van der Waals surface area contributed by atoms with Gasteiger partial charge in [-0.3, -0.25) is 4.98 Å². The molecule has 4 nitrogen and oxygen atoms in total. The molecule has 0 bridgehead atoms. The van der Waals surface area contributed by atoms with E-state index in [2.05, 4.69) is 4.98 Å². The van der Waals surface area contributed by atoms with Crippen LogP contribution in [-0.4, -0.2) is 30.5 Å². The summed E-state index contributed by atoms with van der Waals surface area (Å²) in [4.78, 5) is 4.33. The van der Waals surface area contributed by atoms with Gasteiger partial charge in [0.1, 0.15) is 0 Å². The Labute approximate surface area is 107 Å². The summed E-state index contributed by atoms with van der Waals surface area (Å²) in [6, 6.07) is 9.67. The fourth-order valence-corrected chi connectivity index (χ4v) is 2.79. The van der Waals surface area contributed by atoms with Crippen molar-refractivity contribution in [2.45, 2.75) is 13.5 Å². The smallest absolute Gasteiger partial charge is 0.211 e. The van der Waals surface area contributed by atoms with Crippen LogP contribution in [-0.2, 0) is 16.6 Å². The van der Waals surface area contributed by atoms with E-state index >= 15 is 0 Å². The van der Waals surface area contributed by atoms with Gasteiger partial charge in [0.15, 0.2) is 0 Å². The van der Waals surface area contributed by atoms with Gasteiger partial charge >= 0.3 is 0 Å². The fraction of sp³-hybridized carbons (Fsp3) is 0.308. The van der Waals surface area contributed by atoms with Gasteiger partial charge in [0.25, 0.3) is 0 Å². The Balaban J connectivity index is 2.43. The number of fused-ring (bicyclic) bond motifs is 1. The molecule has 0 radical (unpaired) electrons. The zero-order chi connectivity index (χ0) is 13.2. The number of hydrogen-bond acceptors (Lipinski definition) is 3. The number of benzene rings is 1. The van der Waals surface area contributed by atoms with Crippen molar-refractivity contribution in [2.24, 2.45) is 0 Å². The van der Waals surface area contributed by atoms with Crippen LogP contribution < -0.4 is 0 Å². The molecule has 18 heavy (non-hydrogen) atoms. The van der Waals surface area contributed by atoms with Crippen molar-refractivity contribution in [1.29, 1.82) is 0 Å². The van der Waals surface area contributed by atoms with Gasteiger partial charge < -0.3 is 0 Å². The van der Waals surface area contributed by atoms with Crippen LogP contribution in [0.3, 0.4) is 0 Å². The van der Waals surface area contributed by atoms with Gasteiger partial charge in [-0.1, -0.05) is 31.2 Å². The van der Waals surface area contributed by atoms with E-state index in [1.165, 1.54) is 10.6 Å². The maximum absolute atomic E-state index is 11.6. The molecule has 0 atom stereocenters. The Hall–Kier alpha value is -1.46. The molecule has 0 saturated carbocycles. The minimum Gasteiger partial charge on any atom is -0.256 e. The summed E-state index contributed by atoms with van der Waals surface area (Å²) in [5, 5.41) is 1.03. The van der Waals surface area contributed by atoms with Crippen LogP contribution in [0.25, 0.3) is 10.9 Å². The topological polar surface area (TPSA) is 50.3 Å². The molecule has 0 aliphatic carbocycles. The summed E-state index contributed by atoms with van der Waals surface area (Å²) in [5.74, 6) is 0. The van der Waals surface area contributed by atoms with Crippen molar-refractivity contribution in [3.63, 3.8) is 0 Å². The highest BCUT2D eigenvalue weighted by Crippen LogP contribution is 2.18. The molecule has 96 valence electrons. The molecule has 2 rings (SSSR count). The second-order valence-electron chi connectivity index (χ2n) is 4.18. The standard InChI is InChI=1S/C13H16N2O2S/c1-3-15(18(2,16)17)10-12-7-4-6-11-8-5-9-14-13(11)12/h4-9H,3,10H2,1-2H3. The first-order valence-corrected chi connectivity index (χ1v) is 7.65. The third kappa shape index (κ3) is 2.68.